The van der Waals surface area contributed by atoms with Gasteiger partial charge in [0.2, 0.25) is 0 Å². The molecule has 2 aromatic carbocycles. The van der Waals surface area contributed by atoms with Crippen molar-refractivity contribution in [3.05, 3.63) is 60.3 Å². The van der Waals surface area contributed by atoms with Crippen molar-refractivity contribution in [2.75, 3.05) is 0 Å². The number of hydrogen-bond acceptors (Lipinski definition) is 2. The summed E-state index contributed by atoms with van der Waals surface area (Å²) in [5, 5.41) is 10.8. The topological polar surface area (TPSA) is 51.5 Å². The van der Waals surface area contributed by atoms with Crippen molar-refractivity contribution in [2.24, 2.45) is 7.05 Å². The second kappa shape index (κ2) is 6.96. The van der Waals surface area contributed by atoms with Crippen LogP contribution in [0, 0.1) is 0 Å². The molecule has 0 spiro atoms. The number of benzene rings is 2. The highest BCUT2D eigenvalue weighted by atomic mass is 16.5. The highest BCUT2D eigenvalue weighted by Crippen LogP contribution is 2.35. The number of aliphatic carboxylic acids is 1. The molecule has 1 atom stereocenters. The number of rotatable bonds is 5. The molecule has 0 saturated carbocycles. The maximum atomic E-state index is 11.8. The standard InChI is InChI=1S/C22H25NO3/c1-22(2,3)26-19(21(24)25)14-18-20(15-10-6-5-7-11-15)16-12-8-9-13-17(16)23(18)4/h5-13,19H,14H2,1-4H3,(H,24,25). The van der Waals surface area contributed by atoms with Gasteiger partial charge in [0.25, 0.3) is 0 Å². The molecule has 1 N–H and O–H groups in total. The number of fused-ring (bicyclic) bond motifs is 1. The average Bonchev–Trinajstić information content (AvgIpc) is 2.86. The number of ether oxygens (including phenoxy) is 1. The summed E-state index contributed by atoms with van der Waals surface area (Å²) in [6.45, 7) is 5.63. The van der Waals surface area contributed by atoms with Crippen LogP contribution in [0.25, 0.3) is 22.0 Å². The minimum absolute atomic E-state index is 0.308. The highest BCUT2D eigenvalue weighted by Gasteiger charge is 2.28. The third-order valence-electron chi connectivity index (χ3n) is 4.44. The summed E-state index contributed by atoms with van der Waals surface area (Å²) in [6, 6.07) is 18.3. The van der Waals surface area contributed by atoms with E-state index in [1.807, 2.05) is 58.2 Å². The lowest BCUT2D eigenvalue weighted by Gasteiger charge is -2.25. The van der Waals surface area contributed by atoms with Crippen molar-refractivity contribution in [3.8, 4) is 11.1 Å². The van der Waals surface area contributed by atoms with Gasteiger partial charge in [0.15, 0.2) is 6.10 Å². The SMILES string of the molecule is Cn1c(CC(OC(C)(C)C)C(=O)O)c(-c2ccccc2)c2ccccc21. The zero-order chi connectivity index (χ0) is 18.9. The molecule has 0 aliphatic rings. The van der Waals surface area contributed by atoms with Gasteiger partial charge in [-0.1, -0.05) is 48.5 Å². The Kier molecular flexibility index (Phi) is 4.88. The zero-order valence-electron chi connectivity index (χ0n) is 15.7. The first-order valence-corrected chi connectivity index (χ1v) is 8.80. The molecule has 0 bridgehead atoms. The molecule has 3 rings (SSSR count). The number of carbonyl (C=O) groups is 1. The van der Waals surface area contributed by atoms with Crippen molar-refractivity contribution in [1.29, 1.82) is 0 Å². The van der Waals surface area contributed by atoms with Gasteiger partial charge in [-0.2, -0.15) is 0 Å². The molecular weight excluding hydrogens is 326 g/mol. The summed E-state index contributed by atoms with van der Waals surface area (Å²) in [5.41, 5.74) is 3.68. The van der Waals surface area contributed by atoms with Crippen LogP contribution in [0.5, 0.6) is 0 Å². The van der Waals surface area contributed by atoms with Crippen molar-refractivity contribution in [3.63, 3.8) is 0 Å². The number of nitrogens with zero attached hydrogens (tertiary/aromatic N) is 1. The molecule has 0 aliphatic carbocycles. The van der Waals surface area contributed by atoms with Crippen LogP contribution in [-0.2, 0) is 23.0 Å². The predicted molar refractivity (Wildman–Crippen MR) is 104 cm³/mol. The molecule has 0 radical (unpaired) electrons. The Morgan fingerprint density at radius 2 is 1.69 bits per heavy atom. The molecule has 0 saturated heterocycles. The van der Waals surface area contributed by atoms with Gasteiger partial charge in [0.1, 0.15) is 0 Å². The lowest BCUT2D eigenvalue weighted by atomic mass is 9.99. The lowest BCUT2D eigenvalue weighted by molar-refractivity contribution is -0.159. The van der Waals surface area contributed by atoms with E-state index in [1.165, 1.54) is 0 Å². The Morgan fingerprint density at radius 3 is 2.31 bits per heavy atom. The van der Waals surface area contributed by atoms with E-state index in [0.717, 1.165) is 27.7 Å². The number of hydrogen-bond donors (Lipinski definition) is 1. The van der Waals surface area contributed by atoms with Crippen molar-refractivity contribution in [1.82, 2.24) is 4.57 Å². The fraction of sp³-hybridized carbons (Fsp3) is 0.318. The average molecular weight is 351 g/mol. The van der Waals surface area contributed by atoms with Crippen LogP contribution in [0.4, 0.5) is 0 Å². The number of carboxylic acids is 1. The highest BCUT2D eigenvalue weighted by molar-refractivity contribution is 5.98. The Hall–Kier alpha value is -2.59. The monoisotopic (exact) mass is 351 g/mol. The maximum Gasteiger partial charge on any atom is 0.333 e. The zero-order valence-corrected chi connectivity index (χ0v) is 15.7. The molecule has 3 aromatic rings. The van der Waals surface area contributed by atoms with Crippen LogP contribution < -0.4 is 0 Å². The second-order valence-corrected chi connectivity index (χ2v) is 7.53. The van der Waals surface area contributed by atoms with E-state index in [-0.39, 0.29) is 0 Å². The molecule has 26 heavy (non-hydrogen) atoms. The van der Waals surface area contributed by atoms with Crippen LogP contribution >= 0.6 is 0 Å². The number of aromatic nitrogens is 1. The van der Waals surface area contributed by atoms with Gasteiger partial charge >= 0.3 is 5.97 Å². The summed E-state index contributed by atoms with van der Waals surface area (Å²) in [6.07, 6.45) is -0.595. The quantitative estimate of drug-likeness (QED) is 0.727. The number of para-hydroxylation sites is 1. The Bertz CT molecular complexity index is 920. The lowest BCUT2D eigenvalue weighted by Crippen LogP contribution is -2.35. The Labute approximate surface area is 154 Å². The van der Waals surface area contributed by atoms with Crippen LogP contribution in [0.3, 0.4) is 0 Å². The normalized spacial score (nSPS) is 13.1. The van der Waals surface area contributed by atoms with Gasteiger partial charge in [-0.05, 0) is 32.4 Å². The van der Waals surface area contributed by atoms with Crippen molar-refractivity contribution in [2.45, 2.75) is 38.9 Å². The number of aryl methyl sites for hydroxylation is 1. The van der Waals surface area contributed by atoms with E-state index in [4.69, 9.17) is 4.74 Å². The van der Waals surface area contributed by atoms with E-state index in [2.05, 4.69) is 28.8 Å². The van der Waals surface area contributed by atoms with Crippen LogP contribution in [-0.4, -0.2) is 27.3 Å². The van der Waals surface area contributed by atoms with Crippen molar-refractivity contribution < 1.29 is 14.6 Å². The first-order valence-electron chi connectivity index (χ1n) is 8.80. The van der Waals surface area contributed by atoms with Gasteiger partial charge in [-0.15, -0.1) is 0 Å². The minimum atomic E-state index is -0.941. The summed E-state index contributed by atoms with van der Waals surface area (Å²) >= 11 is 0. The Balaban J connectivity index is 2.16. The van der Waals surface area contributed by atoms with Gasteiger partial charge in [0, 0.05) is 35.6 Å². The smallest absolute Gasteiger partial charge is 0.333 e. The Morgan fingerprint density at radius 1 is 1.08 bits per heavy atom. The van der Waals surface area contributed by atoms with E-state index in [1.54, 1.807) is 0 Å². The van der Waals surface area contributed by atoms with E-state index >= 15 is 0 Å². The molecule has 0 aliphatic heterocycles. The molecular formula is C22H25NO3. The van der Waals surface area contributed by atoms with Gasteiger partial charge in [0.05, 0.1) is 5.60 Å². The molecule has 4 heteroatoms. The van der Waals surface area contributed by atoms with E-state index < -0.39 is 17.7 Å². The molecule has 1 aromatic heterocycles. The molecule has 1 unspecified atom stereocenters. The van der Waals surface area contributed by atoms with E-state index in [9.17, 15) is 9.90 Å². The van der Waals surface area contributed by atoms with Crippen LogP contribution in [0.1, 0.15) is 26.5 Å². The molecule has 0 amide bonds. The fourth-order valence-corrected chi connectivity index (χ4v) is 3.39. The van der Waals surface area contributed by atoms with Gasteiger partial charge in [-0.25, -0.2) is 4.79 Å². The summed E-state index contributed by atoms with van der Waals surface area (Å²) < 4.78 is 7.92. The minimum Gasteiger partial charge on any atom is -0.479 e. The largest absolute Gasteiger partial charge is 0.479 e. The molecule has 4 nitrogen and oxygen atoms in total. The maximum absolute atomic E-state index is 11.8. The summed E-state index contributed by atoms with van der Waals surface area (Å²) in [5.74, 6) is -0.941. The van der Waals surface area contributed by atoms with Crippen LogP contribution in [0.2, 0.25) is 0 Å². The summed E-state index contributed by atoms with van der Waals surface area (Å²) in [7, 11) is 1.99. The second-order valence-electron chi connectivity index (χ2n) is 7.53. The third kappa shape index (κ3) is 3.65. The molecule has 0 fully saturated rings. The number of carboxylic acid groups (broad SMARTS) is 1. The molecule has 1 heterocycles. The third-order valence-corrected chi connectivity index (χ3v) is 4.44. The predicted octanol–water partition coefficient (Wildman–Crippen LogP) is 4.66. The first kappa shape index (κ1) is 18.2. The van der Waals surface area contributed by atoms with Crippen molar-refractivity contribution >= 4 is 16.9 Å². The van der Waals surface area contributed by atoms with Gasteiger partial charge < -0.3 is 14.4 Å². The fourth-order valence-electron chi connectivity index (χ4n) is 3.39. The summed E-state index contributed by atoms with van der Waals surface area (Å²) in [4.78, 5) is 11.8. The van der Waals surface area contributed by atoms with Crippen LogP contribution in [0.15, 0.2) is 54.6 Å². The first-order chi connectivity index (χ1) is 12.3. The van der Waals surface area contributed by atoms with E-state index in [0.29, 0.717) is 6.42 Å². The molecule has 136 valence electrons. The van der Waals surface area contributed by atoms with Gasteiger partial charge in [-0.3, -0.25) is 0 Å².